The summed E-state index contributed by atoms with van der Waals surface area (Å²) < 4.78 is 41.4. The van der Waals surface area contributed by atoms with Crippen molar-refractivity contribution >= 4 is 22.4 Å². The molecule has 0 unspecified atom stereocenters. The van der Waals surface area contributed by atoms with Crippen LogP contribution in [-0.4, -0.2) is 10.4 Å². The molecule has 162 valence electrons. The van der Waals surface area contributed by atoms with Gasteiger partial charge in [-0.1, -0.05) is 78.9 Å². The quantitative estimate of drug-likeness (QED) is 0.200. The molecule has 4 aromatic carbocycles. The Kier molecular flexibility index (Phi) is 5.31. The Morgan fingerprint density at radius 2 is 1.27 bits per heavy atom. The molecule has 0 fully saturated rings. The molecule has 0 aliphatic heterocycles. The number of halogens is 3. The maximum Gasteiger partial charge on any atom is 0.416 e. The zero-order valence-electron chi connectivity index (χ0n) is 17.5. The van der Waals surface area contributed by atoms with Gasteiger partial charge in [0.2, 0.25) is 0 Å². The zero-order valence-corrected chi connectivity index (χ0v) is 17.5. The van der Waals surface area contributed by atoms with Crippen LogP contribution < -0.4 is 0 Å². The number of aliphatic imine (C=N–C) groups is 1. The second-order valence-electron chi connectivity index (χ2n) is 7.64. The summed E-state index contributed by atoms with van der Waals surface area (Å²) in [6, 6.07) is 34.5. The van der Waals surface area contributed by atoms with Gasteiger partial charge in [0.05, 0.1) is 22.5 Å². The summed E-state index contributed by atoms with van der Waals surface area (Å²) in [4.78, 5) is 4.96. The third kappa shape index (κ3) is 4.17. The summed E-state index contributed by atoms with van der Waals surface area (Å²) in [5.41, 5.74) is 3.38. The lowest BCUT2D eigenvalue weighted by Gasteiger charge is -2.15. The molecular formula is C28H19F3N2. The molecule has 0 spiro atoms. The fourth-order valence-electron chi connectivity index (χ4n) is 3.88. The Labute approximate surface area is 189 Å². The minimum Gasteiger partial charge on any atom is -0.293 e. The van der Waals surface area contributed by atoms with E-state index < -0.39 is 11.7 Å². The van der Waals surface area contributed by atoms with Gasteiger partial charge in [-0.25, -0.2) is 4.99 Å². The molecule has 33 heavy (non-hydrogen) atoms. The van der Waals surface area contributed by atoms with Gasteiger partial charge in [0.25, 0.3) is 0 Å². The van der Waals surface area contributed by atoms with Crippen molar-refractivity contribution < 1.29 is 13.2 Å². The standard InChI is InChI=1S/C28H19F3N2/c29-28(30,31)23-17-15-20(16-18-23)26-19-22-11-7-8-14-25(22)33(26)27(21-9-3-1-4-10-21)32-24-12-5-2-6-13-24/h1-19H. The van der Waals surface area contributed by atoms with Gasteiger partial charge in [0, 0.05) is 10.9 Å². The molecule has 5 aromatic rings. The predicted octanol–water partition coefficient (Wildman–Crippen LogP) is 7.95. The molecule has 0 radical (unpaired) electrons. The maximum atomic E-state index is 13.1. The topological polar surface area (TPSA) is 17.3 Å². The van der Waals surface area contributed by atoms with E-state index in [4.69, 9.17) is 4.99 Å². The molecule has 0 saturated carbocycles. The van der Waals surface area contributed by atoms with E-state index >= 15 is 0 Å². The van der Waals surface area contributed by atoms with Gasteiger partial charge in [0.15, 0.2) is 0 Å². The van der Waals surface area contributed by atoms with Crippen LogP contribution >= 0.6 is 0 Å². The van der Waals surface area contributed by atoms with Crippen LogP contribution in [0.4, 0.5) is 18.9 Å². The van der Waals surface area contributed by atoms with Gasteiger partial charge in [-0.15, -0.1) is 0 Å². The average Bonchev–Trinajstić information content (AvgIpc) is 3.23. The molecule has 0 amide bonds. The summed E-state index contributed by atoms with van der Waals surface area (Å²) in [7, 11) is 0. The van der Waals surface area contributed by atoms with Crippen molar-refractivity contribution in [2.45, 2.75) is 6.18 Å². The number of hydrogen-bond donors (Lipinski definition) is 0. The van der Waals surface area contributed by atoms with Gasteiger partial charge < -0.3 is 0 Å². The Balaban J connectivity index is 1.77. The maximum absolute atomic E-state index is 13.1. The van der Waals surface area contributed by atoms with E-state index in [2.05, 4.69) is 0 Å². The number of alkyl halides is 3. The van der Waals surface area contributed by atoms with Crippen molar-refractivity contribution in [3.63, 3.8) is 0 Å². The third-order valence-corrected chi connectivity index (χ3v) is 5.45. The number of rotatable bonds is 3. The molecule has 0 atom stereocenters. The summed E-state index contributed by atoms with van der Waals surface area (Å²) in [5, 5.41) is 0.976. The van der Waals surface area contributed by atoms with Crippen molar-refractivity contribution in [3.8, 4) is 11.3 Å². The molecule has 5 heteroatoms. The minimum absolute atomic E-state index is 0.671. The van der Waals surface area contributed by atoms with Crippen LogP contribution in [0.3, 0.4) is 0 Å². The Hall–Kier alpha value is -4.12. The Morgan fingerprint density at radius 3 is 1.94 bits per heavy atom. The number of benzene rings is 4. The number of hydrogen-bond acceptors (Lipinski definition) is 1. The van der Waals surface area contributed by atoms with Crippen molar-refractivity contribution in [1.29, 1.82) is 0 Å². The van der Waals surface area contributed by atoms with Gasteiger partial charge in [-0.2, -0.15) is 13.2 Å². The highest BCUT2D eigenvalue weighted by molar-refractivity contribution is 6.09. The van der Waals surface area contributed by atoms with Gasteiger partial charge in [-0.3, -0.25) is 4.57 Å². The first-order valence-electron chi connectivity index (χ1n) is 10.5. The first kappa shape index (κ1) is 20.8. The summed E-state index contributed by atoms with van der Waals surface area (Å²) in [6.07, 6.45) is -4.38. The van der Waals surface area contributed by atoms with E-state index in [1.54, 1.807) is 0 Å². The smallest absolute Gasteiger partial charge is 0.293 e. The lowest BCUT2D eigenvalue weighted by atomic mass is 10.1. The Bertz CT molecular complexity index is 1420. The first-order chi connectivity index (χ1) is 16.0. The summed E-state index contributed by atoms with van der Waals surface area (Å²) in [6.45, 7) is 0. The van der Waals surface area contributed by atoms with Crippen LogP contribution in [0, 0.1) is 0 Å². The Morgan fingerprint density at radius 1 is 0.667 bits per heavy atom. The summed E-state index contributed by atoms with van der Waals surface area (Å²) in [5.74, 6) is 0.692. The molecule has 1 heterocycles. The fourth-order valence-corrected chi connectivity index (χ4v) is 3.88. The lowest BCUT2D eigenvalue weighted by Crippen LogP contribution is -2.14. The fraction of sp³-hybridized carbons (Fsp3) is 0.0357. The molecule has 0 bridgehead atoms. The van der Waals surface area contributed by atoms with Crippen LogP contribution in [0.2, 0.25) is 0 Å². The average molecular weight is 440 g/mol. The highest BCUT2D eigenvalue weighted by Crippen LogP contribution is 2.34. The molecule has 0 saturated heterocycles. The monoisotopic (exact) mass is 440 g/mol. The molecular weight excluding hydrogens is 421 g/mol. The van der Waals surface area contributed by atoms with Crippen LogP contribution in [-0.2, 0) is 6.18 Å². The van der Waals surface area contributed by atoms with Crippen molar-refractivity contribution in [2.75, 3.05) is 0 Å². The molecule has 0 aliphatic rings. The number of aromatic nitrogens is 1. The molecule has 0 N–H and O–H groups in total. The third-order valence-electron chi connectivity index (χ3n) is 5.45. The van der Waals surface area contributed by atoms with Crippen molar-refractivity contribution in [1.82, 2.24) is 4.57 Å². The highest BCUT2D eigenvalue weighted by Gasteiger charge is 2.30. The van der Waals surface area contributed by atoms with E-state index in [9.17, 15) is 13.2 Å². The van der Waals surface area contributed by atoms with Crippen molar-refractivity contribution in [3.05, 3.63) is 126 Å². The van der Waals surface area contributed by atoms with E-state index in [-0.39, 0.29) is 0 Å². The SMILES string of the molecule is FC(F)(F)c1ccc(-c2cc3ccccc3n2C(=Nc2ccccc2)c2ccccc2)cc1. The van der Waals surface area contributed by atoms with E-state index in [1.807, 2.05) is 95.6 Å². The largest absolute Gasteiger partial charge is 0.416 e. The molecule has 2 nitrogen and oxygen atoms in total. The molecule has 5 rings (SSSR count). The van der Waals surface area contributed by atoms with Crippen LogP contribution in [0.15, 0.2) is 120 Å². The second-order valence-corrected chi connectivity index (χ2v) is 7.64. The normalized spacial score (nSPS) is 12.3. The number of fused-ring (bicyclic) bond motifs is 1. The van der Waals surface area contributed by atoms with Crippen LogP contribution in [0.25, 0.3) is 22.2 Å². The lowest BCUT2D eigenvalue weighted by molar-refractivity contribution is -0.137. The van der Waals surface area contributed by atoms with Crippen molar-refractivity contribution in [2.24, 2.45) is 4.99 Å². The van der Waals surface area contributed by atoms with Gasteiger partial charge in [0.1, 0.15) is 5.84 Å². The second kappa shape index (κ2) is 8.43. The molecule has 0 aliphatic carbocycles. The van der Waals surface area contributed by atoms with Gasteiger partial charge in [-0.05, 0) is 42.0 Å². The summed E-state index contributed by atoms with van der Waals surface area (Å²) >= 11 is 0. The van der Waals surface area contributed by atoms with Crippen LogP contribution in [0.5, 0.6) is 0 Å². The van der Waals surface area contributed by atoms with E-state index in [0.29, 0.717) is 11.4 Å². The highest BCUT2D eigenvalue weighted by atomic mass is 19.4. The van der Waals surface area contributed by atoms with E-state index in [0.717, 1.165) is 40.0 Å². The molecule has 1 aromatic heterocycles. The van der Waals surface area contributed by atoms with E-state index in [1.165, 1.54) is 12.1 Å². The predicted molar refractivity (Wildman–Crippen MR) is 127 cm³/mol. The number of nitrogens with zero attached hydrogens (tertiary/aromatic N) is 2. The van der Waals surface area contributed by atoms with Crippen LogP contribution in [0.1, 0.15) is 11.1 Å². The van der Waals surface area contributed by atoms with Gasteiger partial charge >= 0.3 is 6.18 Å². The number of para-hydroxylation sites is 2. The zero-order chi connectivity index (χ0) is 22.8. The first-order valence-corrected chi connectivity index (χ1v) is 10.5. The minimum atomic E-state index is -4.38.